The first-order chi connectivity index (χ1) is 11.8. The molecule has 5 rings (SSSR count). The summed E-state index contributed by atoms with van der Waals surface area (Å²) in [4.78, 5) is 13.0. The van der Waals surface area contributed by atoms with Crippen LogP contribution < -0.4 is 16.0 Å². The Hall–Kier alpha value is -2.46. The van der Waals surface area contributed by atoms with E-state index in [2.05, 4.69) is 58.9 Å². The summed E-state index contributed by atoms with van der Waals surface area (Å²) >= 11 is 0. The van der Waals surface area contributed by atoms with Crippen molar-refractivity contribution in [3.05, 3.63) is 58.5 Å². The van der Waals surface area contributed by atoms with Crippen LogP contribution in [0.4, 0.5) is 0 Å². The molecule has 2 atom stereocenters. The van der Waals surface area contributed by atoms with E-state index in [4.69, 9.17) is 9.98 Å². The molecule has 4 aliphatic heterocycles. The predicted molar refractivity (Wildman–Crippen MR) is 98.3 cm³/mol. The maximum atomic E-state index is 4.81. The number of nitrogens with zero attached hydrogens (tertiary/aromatic N) is 2. The van der Waals surface area contributed by atoms with Crippen molar-refractivity contribution in [1.82, 2.24) is 10.3 Å². The molecule has 0 aliphatic carbocycles. The number of rotatable bonds is 0. The number of nitrogens with one attached hydrogen (secondary N) is 2. The summed E-state index contributed by atoms with van der Waals surface area (Å²) in [5.41, 5.74) is 4.44. The van der Waals surface area contributed by atoms with Gasteiger partial charge in [-0.15, -0.1) is 0 Å². The third-order valence-electron chi connectivity index (χ3n) is 4.95. The van der Waals surface area contributed by atoms with Gasteiger partial charge in [0.05, 0.1) is 11.4 Å². The van der Waals surface area contributed by atoms with Gasteiger partial charge in [0.1, 0.15) is 0 Å². The predicted octanol–water partition coefficient (Wildman–Crippen LogP) is 1.72. The van der Waals surface area contributed by atoms with Gasteiger partial charge in [0.25, 0.3) is 0 Å². The van der Waals surface area contributed by atoms with Crippen LogP contribution in [0.3, 0.4) is 0 Å². The molecule has 2 N–H and O–H groups in total. The van der Waals surface area contributed by atoms with Crippen LogP contribution in [-0.4, -0.2) is 28.5 Å². The van der Waals surface area contributed by atoms with Gasteiger partial charge in [-0.05, 0) is 74.3 Å². The van der Waals surface area contributed by atoms with Crippen molar-refractivity contribution in [2.45, 2.75) is 37.8 Å². The SMILES string of the molecule is C1=CC2=NC1=CC1CCC(C=C3CCC(=N3)C=c3ccc([nH]3)=C2)N1. The van der Waals surface area contributed by atoms with Gasteiger partial charge in [0.15, 0.2) is 0 Å². The first kappa shape index (κ1) is 13.9. The molecule has 0 spiro atoms. The minimum atomic E-state index is 0.399. The van der Waals surface area contributed by atoms with E-state index in [0.717, 1.165) is 47.1 Å². The highest BCUT2D eigenvalue weighted by atomic mass is 15.0. The largest absolute Gasteiger partial charge is 0.355 e. The summed E-state index contributed by atoms with van der Waals surface area (Å²) in [5.74, 6) is 0. The van der Waals surface area contributed by atoms with Crippen molar-refractivity contribution in [1.29, 1.82) is 0 Å². The zero-order valence-electron chi connectivity index (χ0n) is 13.5. The van der Waals surface area contributed by atoms with E-state index in [9.17, 15) is 0 Å². The molecule has 1 aromatic rings. The molecule has 0 saturated carbocycles. The first-order valence-electron chi connectivity index (χ1n) is 8.72. The molecule has 0 amide bonds. The minimum Gasteiger partial charge on any atom is -0.355 e. The Kier molecular flexibility index (Phi) is 3.23. The lowest BCUT2D eigenvalue weighted by Crippen LogP contribution is -2.26. The molecule has 1 fully saturated rings. The van der Waals surface area contributed by atoms with Crippen LogP contribution >= 0.6 is 0 Å². The van der Waals surface area contributed by atoms with E-state index in [-0.39, 0.29) is 0 Å². The minimum absolute atomic E-state index is 0.399. The summed E-state index contributed by atoms with van der Waals surface area (Å²) in [6.07, 6.45) is 17.4. The summed E-state index contributed by atoms with van der Waals surface area (Å²) < 4.78 is 0. The first-order valence-corrected chi connectivity index (χ1v) is 8.72. The van der Waals surface area contributed by atoms with Crippen LogP contribution in [0.2, 0.25) is 0 Å². The molecule has 8 bridgehead atoms. The third-order valence-corrected chi connectivity index (χ3v) is 4.95. The molecule has 4 nitrogen and oxygen atoms in total. The number of aliphatic imine (C=N–C) groups is 2. The molecule has 120 valence electrons. The Morgan fingerprint density at radius 3 is 2.62 bits per heavy atom. The molecule has 2 unspecified atom stereocenters. The van der Waals surface area contributed by atoms with Crippen LogP contribution in [0.1, 0.15) is 25.7 Å². The maximum absolute atomic E-state index is 4.81. The average Bonchev–Trinajstić information content (AvgIpc) is 3.32. The van der Waals surface area contributed by atoms with E-state index in [1.54, 1.807) is 0 Å². The molecule has 5 heterocycles. The number of hydrogen-bond acceptors (Lipinski definition) is 3. The smallest absolute Gasteiger partial charge is 0.0658 e. The standard InChI is InChI=1S/C20H20N4/c1-2-14-10-16-5-6-18(23-16)12-20-8-7-19(24-20)11-17-4-3-15(22-17)9-13(1)21-14/h1-4,9-12,16,18,22-23H,5-8H2. The number of allylic oxidation sites excluding steroid dienone is 3. The normalized spacial score (nSPS) is 27.8. The van der Waals surface area contributed by atoms with Gasteiger partial charge in [-0.3, -0.25) is 4.99 Å². The Bertz CT molecular complexity index is 952. The highest BCUT2D eigenvalue weighted by Gasteiger charge is 2.22. The maximum Gasteiger partial charge on any atom is 0.0658 e. The van der Waals surface area contributed by atoms with Gasteiger partial charge in [0, 0.05) is 34.2 Å². The molecule has 4 heteroatoms. The van der Waals surface area contributed by atoms with Gasteiger partial charge < -0.3 is 10.3 Å². The lowest BCUT2D eigenvalue weighted by molar-refractivity contribution is 0.664. The third kappa shape index (κ3) is 2.74. The molecule has 4 aliphatic rings. The van der Waals surface area contributed by atoms with Gasteiger partial charge in [-0.2, -0.15) is 0 Å². The van der Waals surface area contributed by atoms with E-state index >= 15 is 0 Å². The van der Waals surface area contributed by atoms with E-state index in [1.807, 2.05) is 0 Å². The second-order valence-corrected chi connectivity index (χ2v) is 6.84. The number of hydrogen-bond donors (Lipinski definition) is 2. The van der Waals surface area contributed by atoms with Crippen LogP contribution in [0.15, 0.2) is 57.8 Å². The van der Waals surface area contributed by atoms with E-state index in [1.165, 1.54) is 12.1 Å². The molecular weight excluding hydrogens is 296 g/mol. The zero-order valence-corrected chi connectivity index (χ0v) is 13.5. The Labute approximate surface area is 140 Å². The van der Waals surface area contributed by atoms with Gasteiger partial charge in [0.2, 0.25) is 0 Å². The van der Waals surface area contributed by atoms with Crippen LogP contribution in [0, 0.1) is 0 Å². The fraction of sp³-hybridized carbons (Fsp3) is 0.300. The van der Waals surface area contributed by atoms with Crippen LogP contribution in [-0.2, 0) is 0 Å². The van der Waals surface area contributed by atoms with Gasteiger partial charge in [-0.1, -0.05) is 0 Å². The highest BCUT2D eigenvalue weighted by molar-refractivity contribution is 6.19. The van der Waals surface area contributed by atoms with Crippen molar-refractivity contribution in [2.75, 3.05) is 0 Å². The van der Waals surface area contributed by atoms with E-state index < -0.39 is 0 Å². The number of fused-ring (bicyclic) bond motifs is 6. The summed E-state index contributed by atoms with van der Waals surface area (Å²) in [6, 6.07) is 5.03. The second-order valence-electron chi connectivity index (χ2n) is 6.84. The fourth-order valence-corrected chi connectivity index (χ4v) is 3.78. The monoisotopic (exact) mass is 316 g/mol. The summed E-state index contributed by atoms with van der Waals surface area (Å²) in [7, 11) is 0. The molecule has 24 heavy (non-hydrogen) atoms. The zero-order chi connectivity index (χ0) is 15.9. The van der Waals surface area contributed by atoms with Crippen molar-refractivity contribution >= 4 is 23.6 Å². The second kappa shape index (κ2) is 5.56. The molecule has 0 aromatic carbocycles. The quantitative estimate of drug-likeness (QED) is 0.752. The Balaban J connectivity index is 1.62. The van der Waals surface area contributed by atoms with E-state index in [0.29, 0.717) is 12.1 Å². The molecule has 1 aromatic heterocycles. The van der Waals surface area contributed by atoms with Crippen LogP contribution in [0.5, 0.6) is 0 Å². The number of aromatic amines is 1. The molecule has 0 radical (unpaired) electrons. The summed E-state index contributed by atoms with van der Waals surface area (Å²) in [5, 5.41) is 5.87. The lowest BCUT2D eigenvalue weighted by Gasteiger charge is -2.08. The van der Waals surface area contributed by atoms with Crippen molar-refractivity contribution < 1.29 is 0 Å². The van der Waals surface area contributed by atoms with Crippen molar-refractivity contribution in [3.8, 4) is 0 Å². The topological polar surface area (TPSA) is 52.5 Å². The molecule has 1 saturated heterocycles. The fourth-order valence-electron chi connectivity index (χ4n) is 3.78. The van der Waals surface area contributed by atoms with Crippen molar-refractivity contribution in [2.24, 2.45) is 9.98 Å². The molecular formula is C20H20N4. The Morgan fingerprint density at radius 2 is 1.71 bits per heavy atom. The highest BCUT2D eigenvalue weighted by Crippen LogP contribution is 2.23. The lowest BCUT2D eigenvalue weighted by atomic mass is 10.1. The average molecular weight is 316 g/mol. The van der Waals surface area contributed by atoms with Gasteiger partial charge in [-0.25, -0.2) is 4.99 Å². The Morgan fingerprint density at radius 1 is 0.875 bits per heavy atom. The van der Waals surface area contributed by atoms with Crippen LogP contribution in [0.25, 0.3) is 12.2 Å². The van der Waals surface area contributed by atoms with Gasteiger partial charge >= 0.3 is 0 Å². The number of aromatic nitrogens is 1. The van der Waals surface area contributed by atoms with Crippen molar-refractivity contribution in [3.63, 3.8) is 0 Å². The number of H-pyrrole nitrogens is 1. The summed E-state index contributed by atoms with van der Waals surface area (Å²) in [6.45, 7) is 0.